The molecule has 0 heterocycles. The standard InChI is InChI=1S/C22H32O4/c1-15(2)13-22(21(24)25-14-16(3)4)12-6-7-19(22)26-20(23)18-10-8-17(5)9-11-18/h8-11,15-16,19H,6-7,12-14H2,1-5H3. The van der Waals surface area contributed by atoms with Gasteiger partial charge in [-0.3, -0.25) is 4.79 Å². The summed E-state index contributed by atoms with van der Waals surface area (Å²) < 4.78 is 11.4. The minimum atomic E-state index is -0.719. The second-order valence-electron chi connectivity index (χ2n) is 8.40. The second kappa shape index (κ2) is 8.70. The summed E-state index contributed by atoms with van der Waals surface area (Å²) in [7, 11) is 0. The Kier molecular flexibility index (Phi) is 6.85. The fourth-order valence-electron chi connectivity index (χ4n) is 3.76. The zero-order valence-corrected chi connectivity index (χ0v) is 16.7. The molecule has 144 valence electrons. The van der Waals surface area contributed by atoms with Gasteiger partial charge in [0.1, 0.15) is 11.5 Å². The van der Waals surface area contributed by atoms with Crippen molar-refractivity contribution >= 4 is 11.9 Å². The first-order valence-corrected chi connectivity index (χ1v) is 9.69. The van der Waals surface area contributed by atoms with Crippen LogP contribution in [-0.4, -0.2) is 24.6 Å². The highest BCUT2D eigenvalue weighted by Gasteiger charge is 2.52. The zero-order valence-electron chi connectivity index (χ0n) is 16.7. The highest BCUT2D eigenvalue weighted by atomic mass is 16.6. The van der Waals surface area contributed by atoms with Crippen molar-refractivity contribution in [2.75, 3.05) is 6.61 Å². The molecule has 1 aromatic rings. The van der Waals surface area contributed by atoms with E-state index in [0.29, 0.717) is 37.4 Å². The van der Waals surface area contributed by atoms with Crippen LogP contribution in [0.4, 0.5) is 0 Å². The van der Waals surface area contributed by atoms with Gasteiger partial charge >= 0.3 is 11.9 Å². The Balaban J connectivity index is 2.19. The Hall–Kier alpha value is -1.84. The van der Waals surface area contributed by atoms with Gasteiger partial charge in [-0.05, 0) is 56.6 Å². The van der Waals surface area contributed by atoms with Crippen molar-refractivity contribution in [2.45, 2.75) is 66.4 Å². The maximum Gasteiger partial charge on any atom is 0.338 e. The number of ether oxygens (including phenoxy) is 2. The number of aryl methyl sites for hydroxylation is 1. The molecule has 0 amide bonds. The quantitative estimate of drug-likeness (QED) is 0.647. The maximum atomic E-state index is 13.0. The molecule has 2 atom stereocenters. The average Bonchev–Trinajstić information content (AvgIpc) is 2.95. The number of benzene rings is 1. The van der Waals surface area contributed by atoms with E-state index in [-0.39, 0.29) is 17.9 Å². The summed E-state index contributed by atoms with van der Waals surface area (Å²) in [5.41, 5.74) is 0.897. The molecule has 0 aliphatic heterocycles. The summed E-state index contributed by atoms with van der Waals surface area (Å²) in [6.07, 6.45) is 2.55. The van der Waals surface area contributed by atoms with Gasteiger partial charge in [0.2, 0.25) is 0 Å². The van der Waals surface area contributed by atoms with E-state index in [1.165, 1.54) is 0 Å². The topological polar surface area (TPSA) is 52.6 Å². The molecule has 2 unspecified atom stereocenters. The van der Waals surface area contributed by atoms with Crippen LogP contribution in [-0.2, 0) is 14.3 Å². The van der Waals surface area contributed by atoms with E-state index in [0.717, 1.165) is 12.0 Å². The predicted octanol–water partition coefficient (Wildman–Crippen LogP) is 4.94. The second-order valence-corrected chi connectivity index (χ2v) is 8.40. The largest absolute Gasteiger partial charge is 0.465 e. The number of esters is 2. The van der Waals surface area contributed by atoms with E-state index >= 15 is 0 Å². The number of carbonyl (C=O) groups excluding carboxylic acids is 2. The fourth-order valence-corrected chi connectivity index (χ4v) is 3.76. The molecule has 4 heteroatoms. The van der Waals surface area contributed by atoms with Crippen LogP contribution in [0.1, 0.15) is 69.3 Å². The van der Waals surface area contributed by atoms with E-state index in [1.807, 2.05) is 32.9 Å². The lowest BCUT2D eigenvalue weighted by Crippen LogP contribution is -2.43. The van der Waals surface area contributed by atoms with E-state index < -0.39 is 11.5 Å². The molecule has 1 aliphatic rings. The number of hydrogen-bond donors (Lipinski definition) is 0. The van der Waals surface area contributed by atoms with Crippen molar-refractivity contribution in [1.29, 1.82) is 0 Å². The van der Waals surface area contributed by atoms with Gasteiger partial charge in [0.15, 0.2) is 0 Å². The lowest BCUT2D eigenvalue weighted by Gasteiger charge is -2.34. The van der Waals surface area contributed by atoms with E-state index in [2.05, 4.69) is 13.8 Å². The molecule has 26 heavy (non-hydrogen) atoms. The normalized spacial score (nSPS) is 22.7. The van der Waals surface area contributed by atoms with Crippen LogP contribution in [0.25, 0.3) is 0 Å². The molecular formula is C22H32O4. The number of carbonyl (C=O) groups is 2. The molecule has 0 radical (unpaired) electrons. The Labute approximate surface area is 157 Å². The van der Waals surface area contributed by atoms with Gasteiger partial charge in [-0.25, -0.2) is 4.79 Å². The monoisotopic (exact) mass is 360 g/mol. The van der Waals surface area contributed by atoms with Gasteiger partial charge in [0, 0.05) is 0 Å². The molecule has 2 rings (SSSR count). The Bertz CT molecular complexity index is 618. The molecule has 1 saturated carbocycles. The van der Waals surface area contributed by atoms with Gasteiger partial charge < -0.3 is 9.47 Å². The lowest BCUT2D eigenvalue weighted by molar-refractivity contribution is -0.164. The summed E-state index contributed by atoms with van der Waals surface area (Å²) in [5, 5.41) is 0. The number of rotatable bonds is 7. The minimum Gasteiger partial charge on any atom is -0.465 e. The lowest BCUT2D eigenvalue weighted by atomic mass is 9.76. The smallest absolute Gasteiger partial charge is 0.338 e. The third-order valence-electron chi connectivity index (χ3n) is 4.97. The highest BCUT2D eigenvalue weighted by molar-refractivity contribution is 5.90. The first kappa shape index (κ1) is 20.5. The Morgan fingerprint density at radius 3 is 2.35 bits per heavy atom. The molecule has 0 saturated heterocycles. The van der Waals surface area contributed by atoms with Crippen molar-refractivity contribution in [3.63, 3.8) is 0 Å². The first-order valence-electron chi connectivity index (χ1n) is 9.69. The molecule has 0 bridgehead atoms. The van der Waals surface area contributed by atoms with E-state index in [4.69, 9.17) is 9.47 Å². The summed E-state index contributed by atoms with van der Waals surface area (Å²) in [6.45, 7) is 10.6. The van der Waals surface area contributed by atoms with Crippen LogP contribution in [0, 0.1) is 24.2 Å². The molecule has 1 fully saturated rings. The molecular weight excluding hydrogens is 328 g/mol. The summed E-state index contributed by atoms with van der Waals surface area (Å²) in [5.74, 6) is 0.0334. The fraction of sp³-hybridized carbons (Fsp3) is 0.636. The van der Waals surface area contributed by atoms with Crippen LogP contribution in [0.15, 0.2) is 24.3 Å². The molecule has 4 nitrogen and oxygen atoms in total. The van der Waals surface area contributed by atoms with Crippen LogP contribution < -0.4 is 0 Å². The average molecular weight is 360 g/mol. The third-order valence-corrected chi connectivity index (χ3v) is 4.97. The number of hydrogen-bond acceptors (Lipinski definition) is 4. The van der Waals surface area contributed by atoms with Gasteiger partial charge in [-0.1, -0.05) is 45.4 Å². The van der Waals surface area contributed by atoms with E-state index in [1.54, 1.807) is 12.1 Å². The van der Waals surface area contributed by atoms with Crippen LogP contribution >= 0.6 is 0 Å². The van der Waals surface area contributed by atoms with Gasteiger partial charge in [-0.15, -0.1) is 0 Å². The Morgan fingerprint density at radius 1 is 1.12 bits per heavy atom. The van der Waals surface area contributed by atoms with Crippen LogP contribution in [0.5, 0.6) is 0 Å². The predicted molar refractivity (Wildman–Crippen MR) is 102 cm³/mol. The van der Waals surface area contributed by atoms with Crippen molar-refractivity contribution in [2.24, 2.45) is 17.3 Å². The van der Waals surface area contributed by atoms with Crippen molar-refractivity contribution in [1.82, 2.24) is 0 Å². The molecule has 1 aromatic carbocycles. The van der Waals surface area contributed by atoms with E-state index in [9.17, 15) is 9.59 Å². The van der Waals surface area contributed by atoms with Crippen molar-refractivity contribution < 1.29 is 19.1 Å². The summed E-state index contributed by atoms with van der Waals surface area (Å²) in [4.78, 5) is 25.6. The van der Waals surface area contributed by atoms with Gasteiger partial charge in [0.25, 0.3) is 0 Å². The highest BCUT2D eigenvalue weighted by Crippen LogP contribution is 2.46. The van der Waals surface area contributed by atoms with Gasteiger partial charge in [-0.2, -0.15) is 0 Å². The maximum absolute atomic E-state index is 13.0. The molecule has 0 aromatic heterocycles. The Morgan fingerprint density at radius 2 is 1.77 bits per heavy atom. The minimum absolute atomic E-state index is 0.209. The first-order chi connectivity index (χ1) is 12.2. The van der Waals surface area contributed by atoms with Crippen LogP contribution in [0.2, 0.25) is 0 Å². The third kappa shape index (κ3) is 4.87. The van der Waals surface area contributed by atoms with Crippen molar-refractivity contribution in [3.05, 3.63) is 35.4 Å². The molecule has 0 spiro atoms. The zero-order chi connectivity index (χ0) is 19.3. The van der Waals surface area contributed by atoms with Crippen LogP contribution in [0.3, 0.4) is 0 Å². The molecule has 0 N–H and O–H groups in total. The van der Waals surface area contributed by atoms with Crippen molar-refractivity contribution in [3.8, 4) is 0 Å². The summed E-state index contributed by atoms with van der Waals surface area (Å²) in [6, 6.07) is 7.33. The SMILES string of the molecule is Cc1ccc(C(=O)OC2CCCC2(CC(C)C)C(=O)OCC(C)C)cc1. The van der Waals surface area contributed by atoms with Gasteiger partial charge in [0.05, 0.1) is 12.2 Å². The molecule has 1 aliphatic carbocycles. The summed E-state index contributed by atoms with van der Waals surface area (Å²) >= 11 is 0.